The van der Waals surface area contributed by atoms with Crippen LogP contribution in [0.3, 0.4) is 0 Å². The van der Waals surface area contributed by atoms with E-state index in [0.29, 0.717) is 19.4 Å². The van der Waals surface area contributed by atoms with Crippen LogP contribution < -0.4 is 4.74 Å². The minimum atomic E-state index is -0.329. The molecular formula is C20H20N2O3. The van der Waals surface area contributed by atoms with Gasteiger partial charge in [-0.2, -0.15) is 0 Å². The molecule has 5 nitrogen and oxygen atoms in total. The van der Waals surface area contributed by atoms with Gasteiger partial charge < -0.3 is 14.1 Å². The highest BCUT2D eigenvalue weighted by atomic mass is 16.7. The van der Waals surface area contributed by atoms with Gasteiger partial charge in [0.1, 0.15) is 5.75 Å². The van der Waals surface area contributed by atoms with Gasteiger partial charge in [-0.1, -0.05) is 30.3 Å². The number of rotatable bonds is 3. The first kappa shape index (κ1) is 15.7. The number of carbonyl (C=O) groups is 1. The van der Waals surface area contributed by atoms with Crippen LogP contribution in [-0.4, -0.2) is 22.9 Å². The first-order valence-corrected chi connectivity index (χ1v) is 8.68. The summed E-state index contributed by atoms with van der Waals surface area (Å²) in [6.07, 6.45) is 0.936. The highest BCUT2D eigenvalue weighted by Gasteiger charge is 2.23. The normalized spacial score (nSPS) is 15.4. The molecule has 0 saturated carbocycles. The molecule has 25 heavy (non-hydrogen) atoms. The van der Waals surface area contributed by atoms with Gasteiger partial charge in [-0.25, -0.2) is 4.79 Å². The Bertz CT molecular complexity index is 1000. The second-order valence-electron chi connectivity index (χ2n) is 6.05. The number of aryl methyl sites for hydroxylation is 1. The molecule has 0 bridgehead atoms. The molecule has 2 aromatic carbocycles. The average Bonchev–Trinajstić information content (AvgIpc) is 2.99. The topological polar surface area (TPSA) is 52.8 Å². The fraction of sp³-hybridized carbons (Fsp3) is 0.300. The number of hydrogen-bond donors (Lipinski definition) is 0. The lowest BCUT2D eigenvalue weighted by atomic mass is 10.0. The third-order valence-corrected chi connectivity index (χ3v) is 4.65. The lowest BCUT2D eigenvalue weighted by Gasteiger charge is -2.19. The minimum absolute atomic E-state index is 0.309. The third kappa shape index (κ3) is 2.47. The van der Waals surface area contributed by atoms with Crippen LogP contribution >= 0.6 is 0 Å². The number of ether oxygens (including phenoxy) is 1. The molecule has 5 heteroatoms. The van der Waals surface area contributed by atoms with Crippen LogP contribution in [0.15, 0.2) is 41.6 Å². The Morgan fingerprint density at radius 3 is 2.84 bits per heavy atom. The fourth-order valence-corrected chi connectivity index (χ4v) is 3.48. The van der Waals surface area contributed by atoms with Crippen LogP contribution in [-0.2, 0) is 16.2 Å². The van der Waals surface area contributed by atoms with Crippen molar-refractivity contribution in [3.8, 4) is 5.75 Å². The lowest BCUT2D eigenvalue weighted by Crippen LogP contribution is -2.17. The van der Waals surface area contributed by atoms with Gasteiger partial charge in [0.15, 0.2) is 0 Å². The summed E-state index contributed by atoms with van der Waals surface area (Å²) in [5.74, 6) is 0.502. The van der Waals surface area contributed by atoms with E-state index in [0.717, 1.165) is 34.5 Å². The summed E-state index contributed by atoms with van der Waals surface area (Å²) in [5.41, 5.74) is 4.01. The summed E-state index contributed by atoms with van der Waals surface area (Å²) >= 11 is 0. The zero-order valence-corrected chi connectivity index (χ0v) is 14.4. The SMILES string of the molecule is CCC(=O)O/N=C1\CCOc2c1ccc1c2c2ccccc2n1CC. The maximum atomic E-state index is 11.4. The summed E-state index contributed by atoms with van der Waals surface area (Å²) < 4.78 is 8.32. The summed E-state index contributed by atoms with van der Waals surface area (Å²) in [7, 11) is 0. The maximum Gasteiger partial charge on any atom is 0.334 e. The van der Waals surface area contributed by atoms with E-state index in [4.69, 9.17) is 9.57 Å². The van der Waals surface area contributed by atoms with Gasteiger partial charge in [0.05, 0.1) is 23.2 Å². The van der Waals surface area contributed by atoms with Gasteiger partial charge in [0, 0.05) is 35.9 Å². The molecule has 1 aliphatic rings. The van der Waals surface area contributed by atoms with Crippen molar-refractivity contribution in [3.63, 3.8) is 0 Å². The molecule has 4 rings (SSSR count). The number of hydrogen-bond acceptors (Lipinski definition) is 4. The second kappa shape index (κ2) is 6.24. The molecule has 1 aromatic heterocycles. The van der Waals surface area contributed by atoms with Gasteiger partial charge in [-0.3, -0.25) is 0 Å². The molecule has 0 saturated heterocycles. The van der Waals surface area contributed by atoms with E-state index in [1.54, 1.807) is 6.92 Å². The molecule has 2 heterocycles. The van der Waals surface area contributed by atoms with E-state index >= 15 is 0 Å². The Kier molecular flexibility index (Phi) is 3.92. The molecule has 0 fully saturated rings. The smallest absolute Gasteiger partial charge is 0.334 e. The van der Waals surface area contributed by atoms with Crippen molar-refractivity contribution in [3.05, 3.63) is 42.0 Å². The third-order valence-electron chi connectivity index (χ3n) is 4.65. The molecule has 0 radical (unpaired) electrons. The number of nitrogens with zero attached hydrogens (tertiary/aromatic N) is 2. The Balaban J connectivity index is 1.95. The van der Waals surface area contributed by atoms with Crippen molar-refractivity contribution in [1.29, 1.82) is 0 Å². The number of oxime groups is 1. The van der Waals surface area contributed by atoms with Gasteiger partial charge in [0.25, 0.3) is 0 Å². The number of carbonyl (C=O) groups excluding carboxylic acids is 1. The van der Waals surface area contributed by atoms with E-state index < -0.39 is 0 Å². The molecular weight excluding hydrogens is 316 g/mol. The zero-order chi connectivity index (χ0) is 17.4. The fourth-order valence-electron chi connectivity index (χ4n) is 3.48. The van der Waals surface area contributed by atoms with Crippen LogP contribution in [0, 0.1) is 0 Å². The van der Waals surface area contributed by atoms with Crippen molar-refractivity contribution in [2.45, 2.75) is 33.2 Å². The zero-order valence-electron chi connectivity index (χ0n) is 14.4. The first-order valence-electron chi connectivity index (χ1n) is 8.68. The minimum Gasteiger partial charge on any atom is -0.492 e. The predicted molar refractivity (Wildman–Crippen MR) is 98.2 cm³/mol. The van der Waals surface area contributed by atoms with Crippen LogP contribution in [0.5, 0.6) is 5.75 Å². The largest absolute Gasteiger partial charge is 0.492 e. The quantitative estimate of drug-likeness (QED) is 0.530. The molecule has 0 atom stereocenters. The molecule has 0 unspecified atom stereocenters. The van der Waals surface area contributed by atoms with Crippen LogP contribution in [0.1, 0.15) is 32.3 Å². The van der Waals surface area contributed by atoms with E-state index in [2.05, 4.69) is 40.9 Å². The lowest BCUT2D eigenvalue weighted by molar-refractivity contribution is -0.143. The van der Waals surface area contributed by atoms with E-state index in [1.165, 1.54) is 10.9 Å². The molecule has 3 aromatic rings. The van der Waals surface area contributed by atoms with E-state index in [1.807, 2.05) is 12.1 Å². The molecule has 128 valence electrons. The number of para-hydroxylation sites is 1. The van der Waals surface area contributed by atoms with Crippen molar-refractivity contribution in [1.82, 2.24) is 4.57 Å². The number of benzene rings is 2. The monoisotopic (exact) mass is 336 g/mol. The Morgan fingerprint density at radius 1 is 1.20 bits per heavy atom. The van der Waals surface area contributed by atoms with Crippen LogP contribution in [0.2, 0.25) is 0 Å². The Hall–Kier alpha value is -2.82. The molecule has 1 aliphatic heterocycles. The highest BCUT2D eigenvalue weighted by molar-refractivity contribution is 6.16. The molecule has 0 N–H and O–H groups in total. The first-order chi connectivity index (χ1) is 12.2. The molecule has 0 aliphatic carbocycles. The Labute approximate surface area is 145 Å². The summed E-state index contributed by atoms with van der Waals surface area (Å²) in [6, 6.07) is 12.5. The predicted octanol–water partition coefficient (Wildman–Crippen LogP) is 4.25. The number of fused-ring (bicyclic) bond motifs is 5. The molecule has 0 spiro atoms. The van der Waals surface area contributed by atoms with E-state index in [9.17, 15) is 4.79 Å². The summed E-state index contributed by atoms with van der Waals surface area (Å²) in [5, 5.41) is 6.36. The highest BCUT2D eigenvalue weighted by Crippen LogP contribution is 2.40. The van der Waals surface area contributed by atoms with Gasteiger partial charge in [0.2, 0.25) is 0 Å². The van der Waals surface area contributed by atoms with Crippen molar-refractivity contribution < 1.29 is 14.4 Å². The standard InChI is InChI=1S/C20H20N2O3/c1-3-18(23)25-21-15-11-12-24-20-13(15)9-10-17-19(20)14-7-5-6-8-16(14)22(17)4-2/h5-10H,3-4,11-12H2,1-2H3/b21-15+. The summed E-state index contributed by atoms with van der Waals surface area (Å²) in [4.78, 5) is 16.4. The second-order valence-corrected chi connectivity index (χ2v) is 6.05. The van der Waals surface area contributed by atoms with Crippen LogP contribution in [0.25, 0.3) is 21.8 Å². The van der Waals surface area contributed by atoms with E-state index in [-0.39, 0.29) is 5.97 Å². The van der Waals surface area contributed by atoms with Crippen LogP contribution in [0.4, 0.5) is 0 Å². The maximum absolute atomic E-state index is 11.4. The van der Waals surface area contributed by atoms with Gasteiger partial charge >= 0.3 is 5.97 Å². The van der Waals surface area contributed by atoms with Gasteiger partial charge in [-0.05, 0) is 25.1 Å². The molecule has 0 amide bonds. The Morgan fingerprint density at radius 2 is 2.04 bits per heavy atom. The van der Waals surface area contributed by atoms with Gasteiger partial charge in [-0.15, -0.1) is 0 Å². The number of aromatic nitrogens is 1. The summed E-state index contributed by atoms with van der Waals surface area (Å²) in [6.45, 7) is 5.31. The van der Waals surface area contributed by atoms with Crippen molar-refractivity contribution >= 4 is 33.5 Å². The van der Waals surface area contributed by atoms with Crippen molar-refractivity contribution in [2.75, 3.05) is 6.61 Å². The van der Waals surface area contributed by atoms with Crippen molar-refractivity contribution in [2.24, 2.45) is 5.16 Å². The average molecular weight is 336 g/mol.